The van der Waals surface area contributed by atoms with Crippen molar-refractivity contribution in [3.63, 3.8) is 0 Å². The molecule has 0 bridgehead atoms. The highest BCUT2D eigenvalue weighted by molar-refractivity contribution is 6.06. The van der Waals surface area contributed by atoms with Crippen LogP contribution < -0.4 is 9.80 Å². The van der Waals surface area contributed by atoms with Crippen LogP contribution in [0.25, 0.3) is 11.1 Å². The van der Waals surface area contributed by atoms with Crippen LogP contribution in [0.3, 0.4) is 0 Å². The molecular formula is C21H24N4O3. The molecule has 2 aliphatic heterocycles. The van der Waals surface area contributed by atoms with Crippen molar-refractivity contribution in [2.75, 3.05) is 29.6 Å². The summed E-state index contributed by atoms with van der Waals surface area (Å²) in [5.41, 5.74) is 3.63. The molecule has 146 valence electrons. The maximum Gasteiger partial charge on any atom is 0.230 e. The van der Waals surface area contributed by atoms with E-state index in [1.807, 2.05) is 47.1 Å². The number of ether oxygens (including phenoxy) is 1. The van der Waals surface area contributed by atoms with Crippen molar-refractivity contribution in [1.82, 2.24) is 9.78 Å². The zero-order valence-electron chi connectivity index (χ0n) is 16.2. The average molecular weight is 380 g/mol. The van der Waals surface area contributed by atoms with Crippen molar-refractivity contribution in [1.29, 1.82) is 0 Å². The Hall–Kier alpha value is -2.67. The predicted molar refractivity (Wildman–Crippen MR) is 105 cm³/mol. The minimum Gasteiger partial charge on any atom is -0.377 e. The first-order valence-electron chi connectivity index (χ1n) is 9.90. The summed E-state index contributed by atoms with van der Waals surface area (Å²) in [7, 11) is 0. The first-order valence-corrected chi connectivity index (χ1v) is 9.90. The lowest BCUT2D eigenvalue weighted by Gasteiger charge is -2.41. The highest BCUT2D eigenvalue weighted by Crippen LogP contribution is 2.42. The number of fused-ring (bicyclic) bond motifs is 1. The van der Waals surface area contributed by atoms with Crippen molar-refractivity contribution in [2.24, 2.45) is 5.92 Å². The van der Waals surface area contributed by atoms with Crippen molar-refractivity contribution in [3.05, 3.63) is 30.6 Å². The zero-order valence-corrected chi connectivity index (χ0v) is 16.2. The average Bonchev–Trinajstić information content (AvgIpc) is 3.37. The number of hydrogen-bond donors (Lipinski definition) is 0. The summed E-state index contributed by atoms with van der Waals surface area (Å²) >= 11 is 0. The first kappa shape index (κ1) is 17.4. The smallest absolute Gasteiger partial charge is 0.230 e. The molecule has 2 aromatic rings. The molecule has 1 aliphatic carbocycles. The molecule has 1 saturated carbocycles. The third-order valence-corrected chi connectivity index (χ3v) is 5.87. The maximum absolute atomic E-state index is 12.9. The van der Waals surface area contributed by atoms with E-state index in [2.05, 4.69) is 5.10 Å². The van der Waals surface area contributed by atoms with Crippen LogP contribution in [-0.4, -0.2) is 47.4 Å². The summed E-state index contributed by atoms with van der Waals surface area (Å²) in [4.78, 5) is 28.9. The summed E-state index contributed by atoms with van der Waals surface area (Å²) in [6, 6.07) is 6.24. The van der Waals surface area contributed by atoms with Crippen molar-refractivity contribution in [3.8, 4) is 11.1 Å². The summed E-state index contributed by atoms with van der Waals surface area (Å²) < 4.78 is 7.19. The lowest BCUT2D eigenvalue weighted by atomic mass is 10.0. The van der Waals surface area contributed by atoms with E-state index in [0.29, 0.717) is 25.8 Å². The Kier molecular flexibility index (Phi) is 4.01. The molecule has 28 heavy (non-hydrogen) atoms. The molecule has 0 spiro atoms. The van der Waals surface area contributed by atoms with Crippen LogP contribution in [0.5, 0.6) is 0 Å². The van der Waals surface area contributed by atoms with Gasteiger partial charge < -0.3 is 14.5 Å². The van der Waals surface area contributed by atoms with Crippen molar-refractivity contribution >= 4 is 23.2 Å². The Bertz CT molecular complexity index is 945. The SMILES string of the molecule is CC(=O)N1c2ccc(-c3cnn(C4COC4)c3)cc2N(C(=O)C2CC2)C[C@@H]1C. The number of anilines is 2. The van der Waals surface area contributed by atoms with E-state index < -0.39 is 0 Å². The molecule has 1 atom stereocenters. The third kappa shape index (κ3) is 2.81. The van der Waals surface area contributed by atoms with Gasteiger partial charge in [0.15, 0.2) is 0 Å². The van der Waals surface area contributed by atoms with Gasteiger partial charge in [-0.2, -0.15) is 5.10 Å². The largest absolute Gasteiger partial charge is 0.377 e. The lowest BCUT2D eigenvalue weighted by Crippen LogP contribution is -2.51. The van der Waals surface area contributed by atoms with E-state index in [0.717, 1.165) is 35.3 Å². The summed E-state index contributed by atoms with van der Waals surface area (Å²) in [6.45, 7) is 5.50. The molecule has 1 aromatic carbocycles. The molecule has 0 radical (unpaired) electrons. The van der Waals surface area contributed by atoms with E-state index in [1.165, 1.54) is 0 Å². The Morgan fingerprint density at radius 2 is 1.93 bits per heavy atom. The number of rotatable bonds is 3. The van der Waals surface area contributed by atoms with Crippen LogP contribution in [0.15, 0.2) is 30.6 Å². The van der Waals surface area contributed by atoms with Crippen LogP contribution in [-0.2, 0) is 14.3 Å². The molecule has 3 aliphatic rings. The Morgan fingerprint density at radius 3 is 2.57 bits per heavy atom. The van der Waals surface area contributed by atoms with E-state index in [-0.39, 0.29) is 23.8 Å². The molecule has 0 unspecified atom stereocenters. The molecule has 1 saturated heterocycles. The Labute approximate surface area is 163 Å². The normalized spacial score (nSPS) is 22.0. The minimum absolute atomic E-state index is 0.00201. The van der Waals surface area contributed by atoms with Gasteiger partial charge in [0.1, 0.15) is 0 Å². The number of carbonyl (C=O) groups is 2. The molecule has 2 fully saturated rings. The van der Waals surface area contributed by atoms with Crippen LogP contribution in [0.2, 0.25) is 0 Å². The van der Waals surface area contributed by atoms with Gasteiger partial charge >= 0.3 is 0 Å². The second-order valence-electron chi connectivity index (χ2n) is 8.06. The third-order valence-electron chi connectivity index (χ3n) is 5.87. The number of carbonyl (C=O) groups excluding carboxylic acids is 2. The maximum atomic E-state index is 12.9. The van der Waals surface area contributed by atoms with Crippen LogP contribution >= 0.6 is 0 Å². The standard InChI is InChI=1S/C21H24N4O3/c1-13-9-23(21(27)15-3-4-15)20-7-16(5-6-19(20)25(13)14(2)26)17-8-22-24(10-17)18-11-28-12-18/h5-8,10,13,15,18H,3-4,9,11-12H2,1-2H3/t13-/m0/s1. The highest BCUT2D eigenvalue weighted by atomic mass is 16.5. The molecule has 0 N–H and O–H groups in total. The minimum atomic E-state index is -0.0417. The van der Waals surface area contributed by atoms with Gasteiger partial charge in [0.2, 0.25) is 11.8 Å². The topological polar surface area (TPSA) is 67.7 Å². The number of aromatic nitrogens is 2. The summed E-state index contributed by atoms with van der Waals surface area (Å²) in [6.07, 6.45) is 5.80. The number of nitrogens with zero attached hydrogens (tertiary/aromatic N) is 4. The van der Waals surface area contributed by atoms with E-state index in [1.54, 1.807) is 11.8 Å². The predicted octanol–water partition coefficient (Wildman–Crippen LogP) is 2.62. The highest BCUT2D eigenvalue weighted by Gasteiger charge is 2.39. The quantitative estimate of drug-likeness (QED) is 0.821. The number of hydrogen-bond acceptors (Lipinski definition) is 4. The lowest BCUT2D eigenvalue weighted by molar-refractivity contribution is -0.120. The number of amides is 2. The van der Waals surface area contributed by atoms with Crippen LogP contribution in [0.4, 0.5) is 11.4 Å². The van der Waals surface area contributed by atoms with Crippen LogP contribution in [0, 0.1) is 5.92 Å². The summed E-state index contributed by atoms with van der Waals surface area (Å²) in [5.74, 6) is 0.308. The monoisotopic (exact) mass is 380 g/mol. The van der Waals surface area contributed by atoms with Crippen molar-refractivity contribution < 1.29 is 14.3 Å². The number of benzene rings is 1. The van der Waals surface area contributed by atoms with Gasteiger partial charge in [-0.05, 0) is 37.5 Å². The fourth-order valence-corrected chi connectivity index (χ4v) is 4.11. The fourth-order valence-electron chi connectivity index (χ4n) is 4.11. The zero-order chi connectivity index (χ0) is 19.4. The molecule has 2 amide bonds. The van der Waals surface area contributed by atoms with Gasteiger partial charge in [-0.25, -0.2) is 0 Å². The van der Waals surface area contributed by atoms with Crippen LogP contribution in [0.1, 0.15) is 32.7 Å². The molecular weight excluding hydrogens is 356 g/mol. The Balaban J connectivity index is 1.55. The van der Waals surface area contributed by atoms with Gasteiger partial charge in [0.05, 0.1) is 42.9 Å². The van der Waals surface area contributed by atoms with Crippen molar-refractivity contribution in [2.45, 2.75) is 38.8 Å². The molecule has 1 aromatic heterocycles. The van der Waals surface area contributed by atoms with E-state index >= 15 is 0 Å². The van der Waals surface area contributed by atoms with Gasteiger partial charge in [-0.3, -0.25) is 14.3 Å². The van der Waals surface area contributed by atoms with Gasteiger partial charge in [0.25, 0.3) is 0 Å². The van der Waals surface area contributed by atoms with Gasteiger partial charge in [0, 0.05) is 31.1 Å². The summed E-state index contributed by atoms with van der Waals surface area (Å²) in [5, 5.41) is 4.47. The molecule has 3 heterocycles. The van der Waals surface area contributed by atoms with Gasteiger partial charge in [-0.1, -0.05) is 6.07 Å². The molecule has 5 rings (SSSR count). The Morgan fingerprint density at radius 1 is 1.14 bits per heavy atom. The first-order chi connectivity index (χ1) is 13.5. The van der Waals surface area contributed by atoms with E-state index in [4.69, 9.17) is 4.74 Å². The molecule has 7 heteroatoms. The van der Waals surface area contributed by atoms with Gasteiger partial charge in [-0.15, -0.1) is 0 Å². The van der Waals surface area contributed by atoms with E-state index in [9.17, 15) is 9.59 Å². The fraction of sp³-hybridized carbons (Fsp3) is 0.476. The molecule has 7 nitrogen and oxygen atoms in total. The second-order valence-corrected chi connectivity index (χ2v) is 8.06. The second kappa shape index (κ2) is 6.44.